The zero-order valence-electron chi connectivity index (χ0n) is 14.2. The van der Waals surface area contributed by atoms with Crippen LogP contribution in [0.2, 0.25) is 6.04 Å². The van der Waals surface area contributed by atoms with Crippen molar-refractivity contribution in [3.05, 3.63) is 12.7 Å². The summed E-state index contributed by atoms with van der Waals surface area (Å²) in [5, 5.41) is 0. The number of carbonyl (C=O) groups is 1. The topological polar surface area (TPSA) is 54.0 Å². The Balaban J connectivity index is 5.00. The number of rotatable bonds is 11. The van der Waals surface area contributed by atoms with Gasteiger partial charge in [0.1, 0.15) is 0 Å². The van der Waals surface area contributed by atoms with Gasteiger partial charge in [-0.2, -0.15) is 0 Å². The number of methoxy groups -OCH3 is 3. The van der Waals surface area contributed by atoms with Gasteiger partial charge < -0.3 is 18.9 Å². The Labute approximate surface area is 129 Å². The molecule has 0 amide bonds. The van der Waals surface area contributed by atoms with Gasteiger partial charge >= 0.3 is 5.97 Å². The Morgan fingerprint density at radius 2 is 1.48 bits per heavy atom. The standard InChI is InChI=1S/C15H30O5Si/c1-8-15(16)20-10-9-11-21(12(2)17-5,13(3)18-6)14(4)19-7/h8,12-14H,1,9-11H2,2-7H3. The maximum atomic E-state index is 11.1. The molecular weight excluding hydrogens is 288 g/mol. The molecule has 0 aliphatic heterocycles. The van der Waals surface area contributed by atoms with Gasteiger partial charge in [0.2, 0.25) is 0 Å². The van der Waals surface area contributed by atoms with Crippen LogP contribution in [-0.2, 0) is 23.7 Å². The van der Waals surface area contributed by atoms with Crippen LogP contribution in [0.15, 0.2) is 12.7 Å². The van der Waals surface area contributed by atoms with E-state index in [-0.39, 0.29) is 23.2 Å². The van der Waals surface area contributed by atoms with E-state index in [1.54, 1.807) is 21.3 Å². The minimum absolute atomic E-state index is 0.0810. The normalized spacial score (nSPS) is 18.4. The monoisotopic (exact) mass is 318 g/mol. The second-order valence-corrected chi connectivity index (χ2v) is 10.4. The van der Waals surface area contributed by atoms with Crippen molar-refractivity contribution in [1.29, 1.82) is 0 Å². The molecule has 0 bridgehead atoms. The molecule has 21 heavy (non-hydrogen) atoms. The van der Waals surface area contributed by atoms with Crippen molar-refractivity contribution in [3.63, 3.8) is 0 Å². The molecule has 3 unspecified atom stereocenters. The van der Waals surface area contributed by atoms with E-state index in [0.29, 0.717) is 6.61 Å². The van der Waals surface area contributed by atoms with Crippen LogP contribution in [0.5, 0.6) is 0 Å². The highest BCUT2D eigenvalue weighted by Crippen LogP contribution is 2.30. The molecule has 0 aromatic rings. The maximum absolute atomic E-state index is 11.1. The molecule has 0 aliphatic rings. The minimum atomic E-state index is -2.07. The molecule has 6 heteroatoms. The van der Waals surface area contributed by atoms with Gasteiger partial charge in [-0.3, -0.25) is 0 Å². The highest BCUT2D eigenvalue weighted by molar-refractivity contribution is 6.83. The van der Waals surface area contributed by atoms with Crippen molar-refractivity contribution in [3.8, 4) is 0 Å². The van der Waals surface area contributed by atoms with E-state index in [9.17, 15) is 4.79 Å². The number of hydrogen-bond acceptors (Lipinski definition) is 5. The molecule has 0 aliphatic carbocycles. The summed E-state index contributed by atoms with van der Waals surface area (Å²) in [6, 6.07) is 0.899. The fraction of sp³-hybridized carbons (Fsp3) is 0.800. The third-order valence-corrected chi connectivity index (χ3v) is 11.0. The quantitative estimate of drug-likeness (QED) is 0.253. The molecule has 0 N–H and O–H groups in total. The van der Waals surface area contributed by atoms with Gasteiger partial charge in [0, 0.05) is 27.4 Å². The number of esters is 1. The molecule has 3 atom stereocenters. The Morgan fingerprint density at radius 3 is 1.81 bits per heavy atom. The van der Waals surface area contributed by atoms with Gasteiger partial charge in [-0.15, -0.1) is 0 Å². The molecule has 124 valence electrons. The van der Waals surface area contributed by atoms with Gasteiger partial charge in [0.05, 0.1) is 23.8 Å². The van der Waals surface area contributed by atoms with Gasteiger partial charge in [0.25, 0.3) is 0 Å². The summed E-state index contributed by atoms with van der Waals surface area (Å²) in [6.07, 6.45) is 1.94. The van der Waals surface area contributed by atoms with Crippen LogP contribution in [0.1, 0.15) is 27.2 Å². The highest BCUT2D eigenvalue weighted by atomic mass is 28.3. The fourth-order valence-corrected chi connectivity index (χ4v) is 8.15. The second kappa shape index (κ2) is 10.1. The first-order valence-electron chi connectivity index (χ1n) is 7.28. The summed E-state index contributed by atoms with van der Waals surface area (Å²) in [7, 11) is 3.08. The van der Waals surface area contributed by atoms with Crippen LogP contribution < -0.4 is 0 Å². The third-order valence-electron chi connectivity index (χ3n) is 4.50. The first kappa shape index (κ1) is 20.3. The lowest BCUT2D eigenvalue weighted by molar-refractivity contribution is -0.137. The zero-order valence-corrected chi connectivity index (χ0v) is 15.2. The lowest BCUT2D eigenvalue weighted by Gasteiger charge is -2.44. The molecule has 0 radical (unpaired) electrons. The molecule has 0 spiro atoms. The van der Waals surface area contributed by atoms with E-state index < -0.39 is 8.07 Å². The largest absolute Gasteiger partial charge is 0.463 e. The molecule has 0 aromatic carbocycles. The highest BCUT2D eigenvalue weighted by Gasteiger charge is 2.49. The van der Waals surface area contributed by atoms with E-state index in [4.69, 9.17) is 18.9 Å². The summed E-state index contributed by atoms with van der Waals surface area (Å²) in [6.45, 7) is 9.99. The first-order chi connectivity index (χ1) is 9.90. The number of hydrogen-bond donors (Lipinski definition) is 0. The van der Waals surface area contributed by atoms with Crippen molar-refractivity contribution < 1.29 is 23.7 Å². The van der Waals surface area contributed by atoms with E-state index in [1.807, 2.05) is 0 Å². The fourth-order valence-electron chi connectivity index (χ4n) is 2.87. The van der Waals surface area contributed by atoms with Crippen molar-refractivity contribution in [2.45, 2.75) is 50.4 Å². The summed E-state index contributed by atoms with van der Waals surface area (Å²) < 4.78 is 22.0. The van der Waals surface area contributed by atoms with E-state index in [1.165, 1.54) is 6.08 Å². The van der Waals surface area contributed by atoms with Crippen LogP contribution in [0, 0.1) is 0 Å². The summed E-state index contributed by atoms with van der Waals surface area (Å²) in [4.78, 5) is 11.1. The molecule has 0 heterocycles. The van der Waals surface area contributed by atoms with Crippen LogP contribution in [0.4, 0.5) is 0 Å². The number of carbonyl (C=O) groups excluding carboxylic acids is 1. The Morgan fingerprint density at radius 1 is 1.05 bits per heavy atom. The Bertz CT molecular complexity index is 295. The van der Waals surface area contributed by atoms with Crippen LogP contribution >= 0.6 is 0 Å². The summed E-state index contributed by atoms with van der Waals surface area (Å²) in [5.41, 5.74) is 0.243. The van der Waals surface area contributed by atoms with Crippen molar-refractivity contribution in [1.82, 2.24) is 0 Å². The van der Waals surface area contributed by atoms with Crippen molar-refractivity contribution in [2.75, 3.05) is 27.9 Å². The van der Waals surface area contributed by atoms with Gasteiger partial charge in [0.15, 0.2) is 8.07 Å². The van der Waals surface area contributed by atoms with Crippen LogP contribution in [0.25, 0.3) is 0 Å². The van der Waals surface area contributed by atoms with Gasteiger partial charge in [-0.1, -0.05) is 6.58 Å². The third kappa shape index (κ3) is 5.21. The summed E-state index contributed by atoms with van der Waals surface area (Å²) in [5.74, 6) is -0.387. The molecule has 0 saturated carbocycles. The second-order valence-electron chi connectivity index (χ2n) is 5.22. The molecular formula is C15H30O5Si. The molecule has 0 fully saturated rings. The van der Waals surface area contributed by atoms with Gasteiger partial charge in [-0.05, 0) is 33.2 Å². The molecule has 0 saturated heterocycles. The minimum Gasteiger partial charge on any atom is -0.463 e. The SMILES string of the molecule is C=CC(=O)OCCC[Si](C(C)OC)(C(C)OC)C(C)OC. The molecule has 0 aromatic heterocycles. The van der Waals surface area contributed by atoms with Crippen LogP contribution in [-0.4, -0.2) is 59.2 Å². The lowest BCUT2D eigenvalue weighted by atomic mass is 10.5. The first-order valence-corrected chi connectivity index (χ1v) is 9.72. The number of ether oxygens (including phenoxy) is 4. The predicted molar refractivity (Wildman–Crippen MR) is 85.7 cm³/mol. The molecule has 0 rings (SSSR count). The lowest BCUT2D eigenvalue weighted by Crippen LogP contribution is -2.64. The zero-order chi connectivity index (χ0) is 16.5. The van der Waals surface area contributed by atoms with E-state index in [2.05, 4.69) is 27.4 Å². The molecule has 5 nitrogen and oxygen atoms in total. The predicted octanol–water partition coefficient (Wildman–Crippen LogP) is 2.28. The Kier molecular flexibility index (Phi) is 9.77. The van der Waals surface area contributed by atoms with Crippen molar-refractivity contribution >= 4 is 14.0 Å². The van der Waals surface area contributed by atoms with E-state index in [0.717, 1.165) is 12.5 Å². The smallest absolute Gasteiger partial charge is 0.330 e. The van der Waals surface area contributed by atoms with Crippen LogP contribution in [0.3, 0.4) is 0 Å². The average Bonchev–Trinajstić information content (AvgIpc) is 2.52. The maximum Gasteiger partial charge on any atom is 0.330 e. The van der Waals surface area contributed by atoms with E-state index >= 15 is 0 Å². The van der Waals surface area contributed by atoms with Gasteiger partial charge in [-0.25, -0.2) is 4.79 Å². The summed E-state index contributed by atoms with van der Waals surface area (Å²) >= 11 is 0. The average molecular weight is 318 g/mol. The van der Waals surface area contributed by atoms with Crippen molar-refractivity contribution in [2.24, 2.45) is 0 Å². The Hall–Kier alpha value is -0.693.